The molecule has 1 aliphatic heterocycles. The van der Waals surface area contributed by atoms with Gasteiger partial charge in [0.15, 0.2) is 0 Å². The Morgan fingerprint density at radius 3 is 2.62 bits per heavy atom. The van der Waals surface area contributed by atoms with E-state index in [-0.39, 0.29) is 23.8 Å². The molecular formula is C21H27N3O2. The van der Waals surface area contributed by atoms with Gasteiger partial charge in [-0.25, -0.2) is 0 Å². The molecule has 1 aliphatic rings. The van der Waals surface area contributed by atoms with Crippen LogP contribution >= 0.6 is 0 Å². The molecule has 5 heteroatoms. The van der Waals surface area contributed by atoms with Gasteiger partial charge >= 0.3 is 0 Å². The summed E-state index contributed by atoms with van der Waals surface area (Å²) in [5.74, 6) is 0.102. The molecule has 2 atom stereocenters. The Bertz CT molecular complexity index is 803. The molecule has 0 aromatic heterocycles. The summed E-state index contributed by atoms with van der Waals surface area (Å²) < 4.78 is 0. The number of hydrogen-bond acceptors (Lipinski definition) is 3. The van der Waals surface area contributed by atoms with E-state index < -0.39 is 0 Å². The summed E-state index contributed by atoms with van der Waals surface area (Å²) >= 11 is 0. The van der Waals surface area contributed by atoms with E-state index in [0.717, 1.165) is 35.8 Å². The van der Waals surface area contributed by atoms with Crippen LogP contribution in [0.1, 0.15) is 19.8 Å². The van der Waals surface area contributed by atoms with E-state index in [2.05, 4.69) is 16.3 Å². The van der Waals surface area contributed by atoms with Crippen molar-refractivity contribution < 1.29 is 9.59 Å². The van der Waals surface area contributed by atoms with Crippen molar-refractivity contribution in [2.45, 2.75) is 25.8 Å². The smallest absolute Gasteiger partial charge is 0.241 e. The lowest BCUT2D eigenvalue weighted by Gasteiger charge is -2.36. The van der Waals surface area contributed by atoms with Crippen molar-refractivity contribution in [3.8, 4) is 0 Å². The Labute approximate surface area is 155 Å². The monoisotopic (exact) mass is 353 g/mol. The van der Waals surface area contributed by atoms with Gasteiger partial charge in [-0.1, -0.05) is 30.3 Å². The molecule has 1 saturated heterocycles. The van der Waals surface area contributed by atoms with Crippen LogP contribution < -0.4 is 5.32 Å². The van der Waals surface area contributed by atoms with E-state index in [1.807, 2.05) is 43.3 Å². The van der Waals surface area contributed by atoms with Crippen LogP contribution in [0.25, 0.3) is 10.8 Å². The van der Waals surface area contributed by atoms with Crippen LogP contribution in [0.3, 0.4) is 0 Å². The lowest BCUT2D eigenvalue weighted by molar-refractivity contribution is -0.136. The molecule has 3 rings (SSSR count). The second kappa shape index (κ2) is 7.87. The molecule has 1 N–H and O–H groups in total. The molecule has 1 fully saturated rings. The predicted octanol–water partition coefficient (Wildman–Crippen LogP) is 2.97. The number of benzene rings is 2. The summed E-state index contributed by atoms with van der Waals surface area (Å²) in [5, 5.41) is 5.28. The van der Waals surface area contributed by atoms with Gasteiger partial charge in [-0.05, 0) is 49.2 Å². The van der Waals surface area contributed by atoms with E-state index in [9.17, 15) is 9.59 Å². The number of hydrogen-bond donors (Lipinski definition) is 1. The van der Waals surface area contributed by atoms with Crippen LogP contribution in [0.4, 0.5) is 5.69 Å². The maximum atomic E-state index is 12.7. The molecule has 0 aliphatic carbocycles. The molecule has 0 unspecified atom stereocenters. The number of piperidine rings is 1. The van der Waals surface area contributed by atoms with E-state index in [0.29, 0.717) is 6.54 Å². The van der Waals surface area contributed by atoms with E-state index >= 15 is 0 Å². The van der Waals surface area contributed by atoms with Crippen molar-refractivity contribution >= 4 is 28.3 Å². The van der Waals surface area contributed by atoms with Crippen molar-refractivity contribution in [2.24, 2.45) is 5.92 Å². The molecule has 2 aromatic rings. The lowest BCUT2D eigenvalue weighted by atomic mass is 9.95. The molecule has 2 aromatic carbocycles. The van der Waals surface area contributed by atoms with Gasteiger partial charge in [0.1, 0.15) is 0 Å². The highest BCUT2D eigenvalue weighted by atomic mass is 16.2. The van der Waals surface area contributed by atoms with Crippen LogP contribution in [-0.2, 0) is 9.59 Å². The Morgan fingerprint density at radius 2 is 1.88 bits per heavy atom. The quantitative estimate of drug-likeness (QED) is 0.919. The van der Waals surface area contributed by atoms with Crippen molar-refractivity contribution in [1.29, 1.82) is 0 Å². The topological polar surface area (TPSA) is 52.7 Å². The Morgan fingerprint density at radius 1 is 1.15 bits per heavy atom. The normalized spacial score (nSPS) is 19.1. The lowest BCUT2D eigenvalue weighted by Crippen LogP contribution is -2.49. The zero-order chi connectivity index (χ0) is 18.7. The van der Waals surface area contributed by atoms with Crippen molar-refractivity contribution in [3.05, 3.63) is 42.5 Å². The first-order chi connectivity index (χ1) is 12.5. The van der Waals surface area contributed by atoms with E-state index in [1.165, 1.54) is 0 Å². The molecule has 26 heavy (non-hydrogen) atoms. The number of anilines is 1. The van der Waals surface area contributed by atoms with Crippen molar-refractivity contribution in [1.82, 2.24) is 9.80 Å². The molecule has 138 valence electrons. The number of rotatable bonds is 4. The maximum Gasteiger partial charge on any atom is 0.241 e. The first kappa shape index (κ1) is 18.4. The average molecular weight is 353 g/mol. The Kier molecular flexibility index (Phi) is 5.57. The van der Waals surface area contributed by atoms with E-state index in [1.54, 1.807) is 19.0 Å². The molecule has 5 nitrogen and oxygen atoms in total. The molecule has 0 saturated carbocycles. The fourth-order valence-corrected chi connectivity index (χ4v) is 3.60. The number of fused-ring (bicyclic) bond motifs is 1. The molecular weight excluding hydrogens is 326 g/mol. The Hall–Kier alpha value is -2.40. The second-order valence-corrected chi connectivity index (χ2v) is 7.29. The first-order valence-electron chi connectivity index (χ1n) is 9.20. The highest BCUT2D eigenvalue weighted by Crippen LogP contribution is 2.22. The molecule has 0 bridgehead atoms. The zero-order valence-corrected chi connectivity index (χ0v) is 15.7. The minimum atomic E-state index is -0.265. The Balaban J connectivity index is 1.65. The third-order valence-electron chi connectivity index (χ3n) is 5.19. The average Bonchev–Trinajstić information content (AvgIpc) is 2.66. The van der Waals surface area contributed by atoms with Gasteiger partial charge in [0.05, 0.1) is 12.0 Å². The summed E-state index contributed by atoms with van der Waals surface area (Å²) in [6, 6.07) is 13.8. The number of nitrogens with one attached hydrogen (secondary N) is 1. The van der Waals surface area contributed by atoms with Gasteiger partial charge in [0.25, 0.3) is 0 Å². The van der Waals surface area contributed by atoms with E-state index in [4.69, 9.17) is 0 Å². The minimum absolute atomic E-state index is 0.0188. The number of carbonyl (C=O) groups is 2. The SMILES string of the molecule is C[C@H](C(=O)Nc1ccc2ccccc2c1)N1CCC[C@@H](C(=O)N(C)C)C1. The summed E-state index contributed by atoms with van der Waals surface area (Å²) in [6.45, 7) is 3.41. The molecule has 2 amide bonds. The first-order valence-corrected chi connectivity index (χ1v) is 9.20. The standard InChI is InChI=1S/C21H27N3O2/c1-15(24-12-6-9-18(14-24)21(26)23(2)3)20(25)22-19-11-10-16-7-4-5-8-17(16)13-19/h4-5,7-8,10-11,13,15,18H,6,9,12,14H2,1-3H3,(H,22,25)/t15-,18-/m1/s1. The summed E-state index contributed by atoms with van der Waals surface area (Å²) in [5.41, 5.74) is 0.804. The third-order valence-corrected chi connectivity index (χ3v) is 5.19. The van der Waals surface area contributed by atoms with Gasteiger partial charge in [0, 0.05) is 26.3 Å². The van der Waals surface area contributed by atoms with Gasteiger partial charge in [-0.2, -0.15) is 0 Å². The van der Waals surface area contributed by atoms with Crippen molar-refractivity contribution in [3.63, 3.8) is 0 Å². The predicted molar refractivity (Wildman–Crippen MR) is 105 cm³/mol. The number of amides is 2. The van der Waals surface area contributed by atoms with Gasteiger partial charge in [-0.3, -0.25) is 14.5 Å². The summed E-state index contributed by atoms with van der Waals surface area (Å²) in [6.07, 6.45) is 1.84. The highest BCUT2D eigenvalue weighted by molar-refractivity contribution is 5.97. The van der Waals surface area contributed by atoms with Gasteiger partial charge < -0.3 is 10.2 Å². The fourth-order valence-electron chi connectivity index (χ4n) is 3.60. The fraction of sp³-hybridized carbons (Fsp3) is 0.429. The largest absolute Gasteiger partial charge is 0.349 e. The zero-order valence-electron chi connectivity index (χ0n) is 15.7. The number of nitrogens with zero attached hydrogens (tertiary/aromatic N) is 2. The molecule has 1 heterocycles. The summed E-state index contributed by atoms with van der Waals surface area (Å²) in [4.78, 5) is 28.7. The second-order valence-electron chi connectivity index (χ2n) is 7.29. The molecule has 0 radical (unpaired) electrons. The van der Waals surface area contributed by atoms with Crippen LogP contribution in [0, 0.1) is 5.92 Å². The van der Waals surface area contributed by atoms with Gasteiger partial charge in [0.2, 0.25) is 11.8 Å². The van der Waals surface area contributed by atoms with Crippen LogP contribution in [0.5, 0.6) is 0 Å². The van der Waals surface area contributed by atoms with Crippen molar-refractivity contribution in [2.75, 3.05) is 32.5 Å². The van der Waals surface area contributed by atoms with Crippen LogP contribution in [0.2, 0.25) is 0 Å². The third kappa shape index (κ3) is 4.05. The number of carbonyl (C=O) groups excluding carboxylic acids is 2. The summed E-state index contributed by atoms with van der Waals surface area (Å²) in [7, 11) is 3.58. The van der Waals surface area contributed by atoms with Crippen LogP contribution in [-0.4, -0.2) is 54.8 Å². The number of likely N-dealkylation sites (tertiary alicyclic amines) is 1. The molecule has 0 spiro atoms. The highest BCUT2D eigenvalue weighted by Gasteiger charge is 2.31. The minimum Gasteiger partial charge on any atom is -0.349 e. The maximum absolute atomic E-state index is 12.7. The van der Waals surface area contributed by atoms with Crippen LogP contribution in [0.15, 0.2) is 42.5 Å². The van der Waals surface area contributed by atoms with Gasteiger partial charge in [-0.15, -0.1) is 0 Å².